The van der Waals surface area contributed by atoms with E-state index in [0.29, 0.717) is 36.7 Å². The molecule has 0 spiro atoms. The van der Waals surface area contributed by atoms with E-state index in [1.165, 1.54) is 0 Å². The molecule has 1 fully saturated rings. The smallest absolute Gasteiger partial charge is 0.254 e. The fraction of sp³-hybridized carbons (Fsp3) is 0.348. The summed E-state index contributed by atoms with van der Waals surface area (Å²) in [6, 6.07) is 11.1. The first kappa shape index (κ1) is 18.9. The van der Waals surface area contributed by atoms with Crippen LogP contribution in [0.2, 0.25) is 0 Å². The van der Waals surface area contributed by atoms with Crippen LogP contribution in [-0.4, -0.2) is 39.5 Å². The number of nitrogens with one attached hydrogen (secondary N) is 1. The van der Waals surface area contributed by atoms with Gasteiger partial charge in [-0.25, -0.2) is 9.37 Å². The van der Waals surface area contributed by atoms with Crippen LogP contribution >= 0.6 is 0 Å². The Morgan fingerprint density at radius 1 is 1.10 bits per heavy atom. The van der Waals surface area contributed by atoms with Crippen molar-refractivity contribution in [3.8, 4) is 11.5 Å². The Bertz CT molecular complexity index is 1110. The Hall–Kier alpha value is -3.06. The summed E-state index contributed by atoms with van der Waals surface area (Å²) in [4.78, 5) is 28.7. The fourth-order valence-electron chi connectivity index (χ4n) is 4.37. The molecule has 30 heavy (non-hydrogen) atoms. The molecular weight excluding hydrogens is 381 g/mol. The van der Waals surface area contributed by atoms with Gasteiger partial charge in [0.05, 0.1) is 11.4 Å². The molecule has 2 aromatic heterocycles. The summed E-state index contributed by atoms with van der Waals surface area (Å²) in [5, 5.41) is 0. The van der Waals surface area contributed by atoms with E-state index in [4.69, 9.17) is 0 Å². The number of anilines is 1. The van der Waals surface area contributed by atoms with Crippen molar-refractivity contribution in [3.05, 3.63) is 75.6 Å². The summed E-state index contributed by atoms with van der Waals surface area (Å²) in [5.41, 5.74) is 3.71. The molecule has 0 saturated carbocycles. The third kappa shape index (κ3) is 3.73. The fourth-order valence-corrected chi connectivity index (χ4v) is 4.37. The first-order valence-corrected chi connectivity index (χ1v) is 10.5. The van der Waals surface area contributed by atoms with Gasteiger partial charge in [0.2, 0.25) is 0 Å². The standard InChI is InChI=1S/C23H24FN5O/c24-18-13-16(6-7-21(18)29-10-3-4-11-29)14-28-12-8-17-20(15-28)26-22(27-23(17)30)19-5-1-2-9-25-19/h1-2,5-7,9,13H,3-4,8,10-12,14-15H2,(H,26,27,30). The highest BCUT2D eigenvalue weighted by Gasteiger charge is 2.22. The van der Waals surface area contributed by atoms with Crippen molar-refractivity contribution in [1.82, 2.24) is 19.9 Å². The average molecular weight is 405 g/mol. The number of pyridine rings is 1. The number of rotatable bonds is 4. The number of H-pyrrole nitrogens is 1. The molecule has 4 heterocycles. The minimum atomic E-state index is -0.154. The van der Waals surface area contributed by atoms with Crippen molar-refractivity contribution in [3.63, 3.8) is 0 Å². The van der Waals surface area contributed by atoms with Crippen LogP contribution in [0.1, 0.15) is 29.7 Å². The predicted molar refractivity (Wildman–Crippen MR) is 114 cm³/mol. The predicted octanol–water partition coefficient (Wildman–Crippen LogP) is 3.13. The third-order valence-corrected chi connectivity index (χ3v) is 5.93. The van der Waals surface area contributed by atoms with Gasteiger partial charge in [0.25, 0.3) is 5.56 Å². The van der Waals surface area contributed by atoms with Gasteiger partial charge >= 0.3 is 0 Å². The summed E-state index contributed by atoms with van der Waals surface area (Å²) < 4.78 is 14.7. The molecule has 154 valence electrons. The van der Waals surface area contributed by atoms with Crippen LogP contribution in [0.3, 0.4) is 0 Å². The van der Waals surface area contributed by atoms with Crippen LogP contribution in [0.25, 0.3) is 11.5 Å². The molecule has 0 radical (unpaired) electrons. The minimum absolute atomic E-state index is 0.0960. The molecule has 0 bridgehead atoms. The monoisotopic (exact) mass is 405 g/mol. The summed E-state index contributed by atoms with van der Waals surface area (Å²) in [5.74, 6) is 0.334. The van der Waals surface area contributed by atoms with E-state index in [0.717, 1.165) is 49.3 Å². The lowest BCUT2D eigenvalue weighted by Crippen LogP contribution is -2.35. The van der Waals surface area contributed by atoms with Crippen LogP contribution in [-0.2, 0) is 19.5 Å². The second-order valence-electron chi connectivity index (χ2n) is 8.00. The zero-order chi connectivity index (χ0) is 20.5. The van der Waals surface area contributed by atoms with E-state index in [9.17, 15) is 9.18 Å². The van der Waals surface area contributed by atoms with E-state index in [2.05, 4.69) is 24.8 Å². The number of halogens is 1. The van der Waals surface area contributed by atoms with E-state index in [1.807, 2.05) is 30.3 Å². The highest BCUT2D eigenvalue weighted by Crippen LogP contribution is 2.26. The minimum Gasteiger partial charge on any atom is -0.369 e. The van der Waals surface area contributed by atoms with E-state index < -0.39 is 0 Å². The quantitative estimate of drug-likeness (QED) is 0.723. The zero-order valence-corrected chi connectivity index (χ0v) is 16.8. The Morgan fingerprint density at radius 3 is 2.73 bits per heavy atom. The first-order chi connectivity index (χ1) is 14.7. The highest BCUT2D eigenvalue weighted by atomic mass is 19.1. The van der Waals surface area contributed by atoms with Crippen molar-refractivity contribution in [1.29, 1.82) is 0 Å². The molecule has 5 rings (SSSR count). The number of hydrogen-bond acceptors (Lipinski definition) is 5. The molecule has 1 saturated heterocycles. The van der Waals surface area contributed by atoms with Gasteiger partial charge in [-0.2, -0.15) is 0 Å². The lowest BCUT2D eigenvalue weighted by Gasteiger charge is -2.28. The molecule has 0 unspecified atom stereocenters. The Labute approximate surface area is 174 Å². The van der Waals surface area contributed by atoms with Crippen molar-refractivity contribution in [2.24, 2.45) is 0 Å². The van der Waals surface area contributed by atoms with E-state index >= 15 is 0 Å². The molecule has 1 aromatic carbocycles. The van der Waals surface area contributed by atoms with Crippen molar-refractivity contribution < 1.29 is 4.39 Å². The maximum atomic E-state index is 14.7. The van der Waals surface area contributed by atoms with Crippen LogP contribution in [0.5, 0.6) is 0 Å². The second kappa shape index (κ2) is 7.99. The largest absolute Gasteiger partial charge is 0.369 e. The van der Waals surface area contributed by atoms with Gasteiger partial charge in [0.15, 0.2) is 5.82 Å². The van der Waals surface area contributed by atoms with Gasteiger partial charge in [-0.15, -0.1) is 0 Å². The molecule has 2 aliphatic rings. The number of aromatic amines is 1. The molecule has 0 aliphatic carbocycles. The third-order valence-electron chi connectivity index (χ3n) is 5.93. The molecule has 1 N–H and O–H groups in total. The normalized spacial score (nSPS) is 16.6. The molecule has 0 amide bonds. The van der Waals surface area contributed by atoms with Gasteiger partial charge in [-0.1, -0.05) is 12.1 Å². The van der Waals surface area contributed by atoms with Gasteiger partial charge in [-0.05, 0) is 49.1 Å². The van der Waals surface area contributed by atoms with Gasteiger partial charge in [-0.3, -0.25) is 14.7 Å². The SMILES string of the molecule is O=c1[nH]c(-c2ccccn2)nc2c1CCN(Cc1ccc(N3CCCC3)c(F)c1)C2. The maximum absolute atomic E-state index is 14.7. The van der Waals surface area contributed by atoms with Crippen LogP contribution in [0, 0.1) is 5.82 Å². The average Bonchev–Trinajstić information content (AvgIpc) is 3.29. The van der Waals surface area contributed by atoms with Crippen LogP contribution in [0.4, 0.5) is 10.1 Å². The summed E-state index contributed by atoms with van der Waals surface area (Å²) in [6.45, 7) is 3.80. The molecule has 7 heteroatoms. The topological polar surface area (TPSA) is 65.1 Å². The summed E-state index contributed by atoms with van der Waals surface area (Å²) >= 11 is 0. The first-order valence-electron chi connectivity index (χ1n) is 10.5. The van der Waals surface area contributed by atoms with Crippen LogP contribution in [0.15, 0.2) is 47.4 Å². The Balaban J connectivity index is 1.35. The number of benzene rings is 1. The maximum Gasteiger partial charge on any atom is 0.254 e. The molecular formula is C23H24FN5O. The summed E-state index contributed by atoms with van der Waals surface area (Å²) in [7, 11) is 0. The molecule has 2 aliphatic heterocycles. The second-order valence-corrected chi connectivity index (χ2v) is 8.00. The highest BCUT2D eigenvalue weighted by molar-refractivity contribution is 5.50. The number of fused-ring (bicyclic) bond motifs is 1. The number of aromatic nitrogens is 3. The Morgan fingerprint density at radius 2 is 1.97 bits per heavy atom. The lowest BCUT2D eigenvalue weighted by molar-refractivity contribution is 0.240. The van der Waals surface area contributed by atoms with Crippen molar-refractivity contribution in [2.75, 3.05) is 24.5 Å². The molecule has 3 aromatic rings. The molecule has 0 atom stereocenters. The molecule has 6 nitrogen and oxygen atoms in total. The van der Waals surface area contributed by atoms with E-state index in [1.54, 1.807) is 12.3 Å². The lowest BCUT2D eigenvalue weighted by atomic mass is 10.0. The zero-order valence-electron chi connectivity index (χ0n) is 16.8. The van der Waals surface area contributed by atoms with Crippen LogP contribution < -0.4 is 10.5 Å². The van der Waals surface area contributed by atoms with E-state index in [-0.39, 0.29) is 11.4 Å². The summed E-state index contributed by atoms with van der Waals surface area (Å²) in [6.07, 6.45) is 4.57. The van der Waals surface area contributed by atoms with Gasteiger partial charge in [0.1, 0.15) is 11.5 Å². The van der Waals surface area contributed by atoms with Gasteiger partial charge < -0.3 is 9.88 Å². The van der Waals surface area contributed by atoms with Gasteiger partial charge in [0, 0.05) is 44.5 Å². The van der Waals surface area contributed by atoms with Crippen molar-refractivity contribution in [2.45, 2.75) is 32.4 Å². The van der Waals surface area contributed by atoms with Crippen molar-refractivity contribution >= 4 is 5.69 Å². The number of hydrogen-bond donors (Lipinski definition) is 1. The Kier molecular flexibility index (Phi) is 5.04. The number of nitrogens with zero attached hydrogens (tertiary/aromatic N) is 4.